The van der Waals surface area contributed by atoms with Crippen molar-refractivity contribution in [2.75, 3.05) is 5.32 Å². The third-order valence-corrected chi connectivity index (χ3v) is 5.30. The summed E-state index contributed by atoms with van der Waals surface area (Å²) in [7, 11) is 0. The maximum Gasteiger partial charge on any atom is 0.252 e. The van der Waals surface area contributed by atoms with Crippen LogP contribution < -0.4 is 11.1 Å². The average molecular weight is 354 g/mol. The molecule has 4 rings (SSSR count). The number of hydrogen-bond donors (Lipinski definition) is 3. The van der Waals surface area contributed by atoms with Gasteiger partial charge in [-0.15, -0.1) is 0 Å². The normalized spacial score (nSPS) is 16.5. The highest BCUT2D eigenvalue weighted by Crippen LogP contribution is 2.34. The predicted molar refractivity (Wildman–Crippen MR) is 102 cm³/mol. The number of rotatable bonds is 3. The molecule has 1 saturated carbocycles. The number of pyridine rings is 1. The van der Waals surface area contributed by atoms with Crippen LogP contribution in [0.25, 0.3) is 21.8 Å². The van der Waals surface area contributed by atoms with Crippen molar-refractivity contribution in [2.45, 2.75) is 51.0 Å². The number of amides is 1. The minimum Gasteiger partial charge on any atom is -0.367 e. The number of anilines is 1. The number of halogens is 1. The number of hydrogen-bond acceptors (Lipinski definition) is 3. The number of primary amides is 1. The summed E-state index contributed by atoms with van der Waals surface area (Å²) in [5, 5.41) is 5.00. The predicted octanol–water partition coefficient (Wildman–Crippen LogP) is 4.48. The summed E-state index contributed by atoms with van der Waals surface area (Å²) in [5.41, 5.74) is 7.20. The number of fused-ring (bicyclic) bond motifs is 3. The van der Waals surface area contributed by atoms with E-state index in [4.69, 9.17) is 5.73 Å². The molecule has 2 heterocycles. The number of carbonyl (C=O) groups excluding carboxylic acids is 1. The summed E-state index contributed by atoms with van der Waals surface area (Å²) in [4.78, 5) is 19.5. The molecule has 0 unspecified atom stereocenters. The fourth-order valence-electron chi connectivity index (χ4n) is 3.96. The van der Waals surface area contributed by atoms with Gasteiger partial charge in [-0.3, -0.25) is 4.79 Å². The van der Waals surface area contributed by atoms with Crippen molar-refractivity contribution in [1.82, 2.24) is 9.97 Å². The van der Waals surface area contributed by atoms with E-state index in [1.165, 1.54) is 50.4 Å². The molecule has 1 fully saturated rings. The molecule has 4 N–H and O–H groups in total. The van der Waals surface area contributed by atoms with Crippen molar-refractivity contribution >= 4 is 33.5 Å². The van der Waals surface area contributed by atoms with Gasteiger partial charge in [-0.25, -0.2) is 9.37 Å². The van der Waals surface area contributed by atoms with Gasteiger partial charge < -0.3 is 16.0 Å². The number of aromatic amines is 1. The fourth-order valence-corrected chi connectivity index (χ4v) is 3.96. The van der Waals surface area contributed by atoms with Crippen LogP contribution in [0.2, 0.25) is 0 Å². The van der Waals surface area contributed by atoms with Crippen molar-refractivity contribution in [1.29, 1.82) is 0 Å². The Labute approximate surface area is 151 Å². The summed E-state index contributed by atoms with van der Waals surface area (Å²) >= 11 is 0. The smallest absolute Gasteiger partial charge is 0.252 e. The van der Waals surface area contributed by atoms with Crippen LogP contribution in [0, 0.1) is 5.82 Å². The number of H-pyrrole nitrogens is 1. The largest absolute Gasteiger partial charge is 0.367 e. The summed E-state index contributed by atoms with van der Waals surface area (Å²) in [6.45, 7) is 0. The molecule has 0 aliphatic heterocycles. The van der Waals surface area contributed by atoms with Crippen LogP contribution in [0.1, 0.15) is 55.3 Å². The van der Waals surface area contributed by atoms with Crippen molar-refractivity contribution in [3.05, 3.63) is 35.8 Å². The van der Waals surface area contributed by atoms with E-state index in [0.29, 0.717) is 28.3 Å². The maximum atomic E-state index is 13.8. The molecule has 0 saturated heterocycles. The number of nitrogens with one attached hydrogen (secondary N) is 2. The molecule has 1 aliphatic carbocycles. The Morgan fingerprint density at radius 2 is 1.92 bits per heavy atom. The summed E-state index contributed by atoms with van der Waals surface area (Å²) in [5.74, 6) is -0.181. The minimum atomic E-state index is -0.549. The standard InChI is InChI=1S/C20H23FN4O/c21-12-8-9-16-14(10-12)17-18(25-16)15(19(22)26)11-23-20(17)24-13-6-4-2-1-3-5-7-13/h8-11,13,25H,1-7H2,(H2,22,26)(H,23,24). The number of benzene rings is 1. The van der Waals surface area contributed by atoms with Gasteiger partial charge in [0.05, 0.1) is 16.5 Å². The van der Waals surface area contributed by atoms with Crippen molar-refractivity contribution < 1.29 is 9.18 Å². The quantitative estimate of drug-likeness (QED) is 0.648. The number of carbonyl (C=O) groups is 1. The lowest BCUT2D eigenvalue weighted by molar-refractivity contribution is 0.100. The number of nitrogens with two attached hydrogens (primary N) is 1. The molecule has 1 aliphatic rings. The molecule has 136 valence electrons. The lowest BCUT2D eigenvalue weighted by atomic mass is 9.96. The third-order valence-electron chi connectivity index (χ3n) is 5.30. The first-order chi connectivity index (χ1) is 12.6. The van der Waals surface area contributed by atoms with Gasteiger partial charge in [0, 0.05) is 23.1 Å². The molecule has 2 aromatic heterocycles. The molecular weight excluding hydrogens is 331 g/mol. The average Bonchev–Trinajstić information content (AvgIpc) is 2.96. The fraction of sp³-hybridized carbons (Fsp3) is 0.400. The monoisotopic (exact) mass is 354 g/mol. The van der Waals surface area contributed by atoms with Crippen molar-refractivity contribution in [3.63, 3.8) is 0 Å². The van der Waals surface area contributed by atoms with Gasteiger partial charge in [0.25, 0.3) is 5.91 Å². The van der Waals surface area contributed by atoms with Gasteiger partial charge in [0.1, 0.15) is 11.6 Å². The zero-order valence-electron chi connectivity index (χ0n) is 14.6. The first-order valence-electron chi connectivity index (χ1n) is 9.30. The highest BCUT2D eigenvalue weighted by Gasteiger charge is 2.19. The van der Waals surface area contributed by atoms with E-state index in [1.54, 1.807) is 6.07 Å². The Morgan fingerprint density at radius 3 is 2.65 bits per heavy atom. The molecule has 0 bridgehead atoms. The van der Waals surface area contributed by atoms with E-state index in [-0.39, 0.29) is 5.82 Å². The second-order valence-electron chi connectivity index (χ2n) is 7.14. The van der Waals surface area contributed by atoms with Crippen LogP contribution in [0.5, 0.6) is 0 Å². The third kappa shape index (κ3) is 3.11. The van der Waals surface area contributed by atoms with E-state index in [1.807, 2.05) is 0 Å². The zero-order valence-corrected chi connectivity index (χ0v) is 14.6. The van der Waals surface area contributed by atoms with E-state index in [0.717, 1.165) is 23.7 Å². The summed E-state index contributed by atoms with van der Waals surface area (Å²) < 4.78 is 13.8. The van der Waals surface area contributed by atoms with Gasteiger partial charge in [-0.1, -0.05) is 32.1 Å². The van der Waals surface area contributed by atoms with E-state index in [9.17, 15) is 9.18 Å². The summed E-state index contributed by atoms with van der Waals surface area (Å²) in [6, 6.07) is 4.89. The van der Waals surface area contributed by atoms with Crippen molar-refractivity contribution in [3.8, 4) is 0 Å². The van der Waals surface area contributed by atoms with E-state index in [2.05, 4.69) is 15.3 Å². The highest BCUT2D eigenvalue weighted by molar-refractivity contribution is 6.18. The molecule has 0 radical (unpaired) electrons. The topological polar surface area (TPSA) is 83.8 Å². The first-order valence-corrected chi connectivity index (χ1v) is 9.30. The molecule has 5 nitrogen and oxygen atoms in total. The molecule has 0 spiro atoms. The SMILES string of the molecule is NC(=O)c1cnc(NC2CCCCCCC2)c2c1[nH]c1ccc(F)cc12. The van der Waals surface area contributed by atoms with E-state index < -0.39 is 5.91 Å². The number of aromatic nitrogens is 2. The van der Waals surface area contributed by atoms with Crippen LogP contribution >= 0.6 is 0 Å². The molecular formula is C20H23FN4O. The molecule has 1 amide bonds. The van der Waals surface area contributed by atoms with Crippen LogP contribution in [0.4, 0.5) is 10.2 Å². The maximum absolute atomic E-state index is 13.8. The number of nitrogens with zero attached hydrogens (tertiary/aromatic N) is 1. The lowest BCUT2D eigenvalue weighted by Gasteiger charge is -2.22. The minimum absolute atomic E-state index is 0.319. The van der Waals surface area contributed by atoms with Gasteiger partial charge in [0.15, 0.2) is 0 Å². The van der Waals surface area contributed by atoms with Crippen LogP contribution in [-0.4, -0.2) is 21.9 Å². The van der Waals surface area contributed by atoms with Gasteiger partial charge in [-0.05, 0) is 31.0 Å². The van der Waals surface area contributed by atoms with Crippen molar-refractivity contribution in [2.24, 2.45) is 5.73 Å². The Kier molecular flexibility index (Phi) is 4.49. The van der Waals surface area contributed by atoms with Crippen LogP contribution in [0.3, 0.4) is 0 Å². The second-order valence-corrected chi connectivity index (χ2v) is 7.14. The lowest BCUT2D eigenvalue weighted by Crippen LogP contribution is -2.22. The highest BCUT2D eigenvalue weighted by atomic mass is 19.1. The van der Waals surface area contributed by atoms with Crippen LogP contribution in [-0.2, 0) is 0 Å². The molecule has 0 atom stereocenters. The Bertz CT molecular complexity index is 957. The summed E-state index contributed by atoms with van der Waals surface area (Å²) in [6.07, 6.45) is 9.92. The zero-order chi connectivity index (χ0) is 18.1. The van der Waals surface area contributed by atoms with E-state index >= 15 is 0 Å². The van der Waals surface area contributed by atoms with Gasteiger partial charge in [-0.2, -0.15) is 0 Å². The van der Waals surface area contributed by atoms with Gasteiger partial charge in [0.2, 0.25) is 0 Å². The first kappa shape index (κ1) is 16.8. The second kappa shape index (κ2) is 6.94. The Hall–Kier alpha value is -2.63. The molecule has 3 aromatic rings. The molecule has 1 aromatic carbocycles. The van der Waals surface area contributed by atoms with Gasteiger partial charge >= 0.3 is 0 Å². The Morgan fingerprint density at radius 1 is 1.19 bits per heavy atom. The van der Waals surface area contributed by atoms with Crippen LogP contribution in [0.15, 0.2) is 24.4 Å². The Balaban J connectivity index is 1.83. The molecule has 6 heteroatoms. The molecule has 26 heavy (non-hydrogen) atoms.